The van der Waals surface area contributed by atoms with Crippen LogP contribution in [0.5, 0.6) is 0 Å². The number of halogens is 1. The van der Waals surface area contributed by atoms with Gasteiger partial charge in [-0.1, -0.05) is 41.9 Å². The third-order valence-electron chi connectivity index (χ3n) is 3.97. The van der Waals surface area contributed by atoms with E-state index in [1.165, 1.54) is 6.08 Å². The minimum Gasteiger partial charge on any atom is -0.322 e. The minimum absolute atomic E-state index is 0.238. The number of rotatable bonds is 5. The van der Waals surface area contributed by atoms with Crippen molar-refractivity contribution in [3.8, 4) is 0 Å². The highest BCUT2D eigenvalue weighted by Gasteiger charge is 2.08. The number of carbonyl (C=O) groups is 2. The second kappa shape index (κ2) is 9.02. The predicted octanol–water partition coefficient (Wildman–Crippen LogP) is 5.55. The molecule has 0 bridgehead atoms. The summed E-state index contributed by atoms with van der Waals surface area (Å²) in [6.45, 7) is 1.96. The lowest BCUT2D eigenvalue weighted by Gasteiger charge is -2.08. The molecule has 0 heterocycles. The quantitative estimate of drug-likeness (QED) is 0.561. The molecule has 5 heteroatoms. The molecule has 0 aliphatic heterocycles. The van der Waals surface area contributed by atoms with Crippen LogP contribution in [0.2, 0.25) is 5.02 Å². The van der Waals surface area contributed by atoms with Gasteiger partial charge in [0.1, 0.15) is 0 Å². The van der Waals surface area contributed by atoms with Gasteiger partial charge in [-0.15, -0.1) is 0 Å². The molecule has 28 heavy (non-hydrogen) atoms. The topological polar surface area (TPSA) is 58.2 Å². The molecule has 3 rings (SSSR count). The highest BCUT2D eigenvalue weighted by Crippen LogP contribution is 2.15. The van der Waals surface area contributed by atoms with Gasteiger partial charge in [0.05, 0.1) is 0 Å². The van der Waals surface area contributed by atoms with Crippen LogP contribution in [0.3, 0.4) is 0 Å². The first-order chi connectivity index (χ1) is 13.5. The van der Waals surface area contributed by atoms with E-state index < -0.39 is 0 Å². The van der Waals surface area contributed by atoms with Crippen LogP contribution in [-0.4, -0.2) is 11.8 Å². The maximum Gasteiger partial charge on any atom is 0.255 e. The molecule has 2 amide bonds. The van der Waals surface area contributed by atoms with Gasteiger partial charge in [0.2, 0.25) is 5.91 Å². The van der Waals surface area contributed by atoms with Crippen molar-refractivity contribution in [2.45, 2.75) is 6.92 Å². The summed E-state index contributed by atoms with van der Waals surface area (Å²) >= 11 is 5.84. The number of anilines is 2. The molecule has 0 radical (unpaired) electrons. The summed E-state index contributed by atoms with van der Waals surface area (Å²) in [6.07, 6.45) is 3.13. The van der Waals surface area contributed by atoms with Crippen molar-refractivity contribution >= 4 is 40.9 Å². The maximum absolute atomic E-state index is 12.5. The van der Waals surface area contributed by atoms with Gasteiger partial charge in [-0.2, -0.15) is 0 Å². The Morgan fingerprint density at radius 1 is 0.857 bits per heavy atom. The van der Waals surface area contributed by atoms with Gasteiger partial charge in [-0.25, -0.2) is 0 Å². The Bertz CT molecular complexity index is 1030. The van der Waals surface area contributed by atoms with Crippen molar-refractivity contribution < 1.29 is 9.59 Å². The van der Waals surface area contributed by atoms with Crippen molar-refractivity contribution in [1.82, 2.24) is 0 Å². The van der Waals surface area contributed by atoms with Crippen molar-refractivity contribution in [1.29, 1.82) is 0 Å². The van der Waals surface area contributed by atoms with Crippen molar-refractivity contribution in [2.75, 3.05) is 10.6 Å². The summed E-state index contributed by atoms with van der Waals surface area (Å²) in [6, 6.07) is 21.5. The second-order valence-corrected chi connectivity index (χ2v) is 6.71. The van der Waals surface area contributed by atoms with Crippen LogP contribution in [0.25, 0.3) is 6.08 Å². The van der Waals surface area contributed by atoms with E-state index >= 15 is 0 Å². The van der Waals surface area contributed by atoms with E-state index in [2.05, 4.69) is 10.6 Å². The summed E-state index contributed by atoms with van der Waals surface area (Å²) < 4.78 is 0. The van der Waals surface area contributed by atoms with Gasteiger partial charge >= 0.3 is 0 Å². The van der Waals surface area contributed by atoms with E-state index in [0.29, 0.717) is 16.3 Å². The van der Waals surface area contributed by atoms with E-state index in [1.54, 1.807) is 42.5 Å². The van der Waals surface area contributed by atoms with Crippen LogP contribution in [0.1, 0.15) is 21.5 Å². The second-order valence-electron chi connectivity index (χ2n) is 6.28. The smallest absolute Gasteiger partial charge is 0.255 e. The third kappa shape index (κ3) is 5.56. The lowest BCUT2D eigenvalue weighted by atomic mass is 10.1. The number of aryl methyl sites for hydroxylation is 1. The van der Waals surface area contributed by atoms with Gasteiger partial charge in [-0.05, 0) is 66.6 Å². The van der Waals surface area contributed by atoms with E-state index in [9.17, 15) is 9.59 Å². The van der Waals surface area contributed by atoms with E-state index in [0.717, 1.165) is 16.8 Å². The summed E-state index contributed by atoms with van der Waals surface area (Å²) in [5.74, 6) is -0.524. The first-order valence-electron chi connectivity index (χ1n) is 8.72. The molecule has 140 valence electrons. The van der Waals surface area contributed by atoms with E-state index in [1.807, 2.05) is 43.3 Å². The van der Waals surface area contributed by atoms with Gasteiger partial charge in [0, 0.05) is 28.0 Å². The molecule has 4 nitrogen and oxygen atoms in total. The van der Waals surface area contributed by atoms with Crippen molar-refractivity contribution in [3.63, 3.8) is 0 Å². The Labute approximate surface area is 168 Å². The molecule has 0 unspecified atom stereocenters. The van der Waals surface area contributed by atoms with Crippen molar-refractivity contribution in [3.05, 3.63) is 101 Å². The summed E-state index contributed by atoms with van der Waals surface area (Å²) in [4.78, 5) is 24.6. The van der Waals surface area contributed by atoms with E-state index in [4.69, 9.17) is 11.6 Å². The Kier molecular flexibility index (Phi) is 6.25. The average Bonchev–Trinajstić information content (AvgIpc) is 2.68. The number of carbonyl (C=O) groups excluding carboxylic acids is 2. The normalized spacial score (nSPS) is 10.6. The molecule has 0 saturated carbocycles. The summed E-state index contributed by atoms with van der Waals surface area (Å²) in [5.41, 5.74) is 3.66. The molecule has 0 saturated heterocycles. The standard InChI is InChI=1S/C23H19ClN2O2/c1-16-4-2-6-20(14-16)26-23(28)18-5-3-7-21(15-18)25-22(27)13-10-17-8-11-19(24)12-9-17/h2-15H,1H3,(H,25,27)(H,26,28)/b13-10+. The lowest BCUT2D eigenvalue weighted by molar-refractivity contribution is -0.111. The van der Waals surface area contributed by atoms with Crippen LogP contribution >= 0.6 is 11.6 Å². The molecule has 3 aromatic rings. The first kappa shape index (κ1) is 19.4. The monoisotopic (exact) mass is 390 g/mol. The Balaban J connectivity index is 1.64. The largest absolute Gasteiger partial charge is 0.322 e. The van der Waals surface area contributed by atoms with Gasteiger partial charge < -0.3 is 10.6 Å². The Morgan fingerprint density at radius 2 is 1.54 bits per heavy atom. The lowest BCUT2D eigenvalue weighted by Crippen LogP contribution is -2.13. The zero-order valence-corrected chi connectivity index (χ0v) is 16.0. The molecule has 2 N–H and O–H groups in total. The molecule has 0 aromatic heterocycles. The predicted molar refractivity (Wildman–Crippen MR) is 115 cm³/mol. The third-order valence-corrected chi connectivity index (χ3v) is 4.22. The molecule has 0 aliphatic rings. The highest BCUT2D eigenvalue weighted by atomic mass is 35.5. The number of hydrogen-bond acceptors (Lipinski definition) is 2. The molecule has 0 fully saturated rings. The summed E-state index contributed by atoms with van der Waals surface area (Å²) in [7, 11) is 0. The number of nitrogens with one attached hydrogen (secondary N) is 2. The first-order valence-corrected chi connectivity index (χ1v) is 9.10. The van der Waals surface area contributed by atoms with Crippen molar-refractivity contribution in [2.24, 2.45) is 0 Å². The maximum atomic E-state index is 12.5. The molecular formula is C23H19ClN2O2. The molecular weight excluding hydrogens is 372 g/mol. The van der Waals surface area contributed by atoms with Gasteiger partial charge in [0.15, 0.2) is 0 Å². The Morgan fingerprint density at radius 3 is 2.25 bits per heavy atom. The minimum atomic E-state index is -0.286. The van der Waals surface area contributed by atoms with Crippen LogP contribution in [-0.2, 0) is 4.79 Å². The number of amides is 2. The average molecular weight is 391 g/mol. The molecule has 0 aliphatic carbocycles. The Hall–Kier alpha value is -3.37. The van der Waals surface area contributed by atoms with Crippen LogP contribution in [0, 0.1) is 6.92 Å². The van der Waals surface area contributed by atoms with Crippen LogP contribution in [0.15, 0.2) is 78.9 Å². The number of hydrogen-bond donors (Lipinski definition) is 2. The fraction of sp³-hybridized carbons (Fsp3) is 0.0435. The van der Waals surface area contributed by atoms with Gasteiger partial charge in [-0.3, -0.25) is 9.59 Å². The van der Waals surface area contributed by atoms with Crippen LogP contribution in [0.4, 0.5) is 11.4 Å². The fourth-order valence-corrected chi connectivity index (χ4v) is 2.72. The molecule has 0 spiro atoms. The zero-order valence-electron chi connectivity index (χ0n) is 15.3. The van der Waals surface area contributed by atoms with E-state index in [-0.39, 0.29) is 11.8 Å². The zero-order chi connectivity index (χ0) is 19.9. The summed E-state index contributed by atoms with van der Waals surface area (Å²) in [5, 5.41) is 6.26. The fourth-order valence-electron chi connectivity index (χ4n) is 2.59. The highest BCUT2D eigenvalue weighted by molar-refractivity contribution is 6.30. The molecule has 0 atom stereocenters. The number of benzene rings is 3. The SMILES string of the molecule is Cc1cccc(NC(=O)c2cccc(NC(=O)/C=C/c3ccc(Cl)cc3)c2)c1. The van der Waals surface area contributed by atoms with Crippen LogP contribution < -0.4 is 10.6 Å². The molecule has 3 aromatic carbocycles. The van der Waals surface area contributed by atoms with Gasteiger partial charge in [0.25, 0.3) is 5.91 Å².